The number of carbonyl (C=O) groups is 1. The zero-order chi connectivity index (χ0) is 24.6. The minimum Gasteiger partial charge on any atom is -0.367 e. The number of hydrogen-bond acceptors (Lipinski definition) is 5. The van der Waals surface area contributed by atoms with Crippen LogP contribution < -0.4 is 16.0 Å². The lowest BCUT2D eigenvalue weighted by atomic mass is 10.0. The standard InChI is InChI=1S/C28H29FN6O/c1-17-12-20(4-9-23(17)28(36)33-22-7-8-22)25-15-32-27-26(31-14-18-10-11-30-13-18)34-24(16-35(25)27)19-2-5-21(29)6-3-19/h2-6,9,12,15-16,18,22,30H,7-8,10-11,13-14H2,1H3,(H,31,34)(H,33,36). The van der Waals surface area contributed by atoms with Gasteiger partial charge in [0.05, 0.1) is 17.6 Å². The van der Waals surface area contributed by atoms with Crippen molar-refractivity contribution in [2.75, 3.05) is 25.0 Å². The Bertz CT molecular complexity index is 1420. The number of hydrogen-bond donors (Lipinski definition) is 3. The number of carbonyl (C=O) groups excluding carboxylic acids is 1. The van der Waals surface area contributed by atoms with Gasteiger partial charge >= 0.3 is 0 Å². The van der Waals surface area contributed by atoms with Gasteiger partial charge in [0.1, 0.15) is 5.82 Å². The Labute approximate surface area is 209 Å². The molecule has 4 aromatic rings. The van der Waals surface area contributed by atoms with Gasteiger partial charge in [0.15, 0.2) is 11.5 Å². The molecule has 3 N–H and O–H groups in total. The molecule has 0 spiro atoms. The number of nitrogens with zero attached hydrogens (tertiary/aromatic N) is 3. The second-order valence-electron chi connectivity index (χ2n) is 9.84. The molecule has 1 saturated carbocycles. The van der Waals surface area contributed by atoms with Crippen LogP contribution in [0.15, 0.2) is 54.9 Å². The molecule has 1 amide bonds. The van der Waals surface area contributed by atoms with E-state index in [1.54, 1.807) is 12.1 Å². The lowest BCUT2D eigenvalue weighted by Gasteiger charge is -2.14. The van der Waals surface area contributed by atoms with Gasteiger partial charge in [-0.25, -0.2) is 14.4 Å². The van der Waals surface area contributed by atoms with Crippen molar-refractivity contribution in [3.8, 4) is 22.5 Å². The van der Waals surface area contributed by atoms with Gasteiger partial charge in [-0.15, -0.1) is 0 Å². The normalized spacial score (nSPS) is 17.4. The second-order valence-corrected chi connectivity index (χ2v) is 9.84. The maximum Gasteiger partial charge on any atom is 0.251 e. The van der Waals surface area contributed by atoms with E-state index >= 15 is 0 Å². The Balaban J connectivity index is 1.39. The molecule has 2 fully saturated rings. The quantitative estimate of drug-likeness (QED) is 0.362. The summed E-state index contributed by atoms with van der Waals surface area (Å²) in [5.74, 6) is 0.937. The molecule has 36 heavy (non-hydrogen) atoms. The summed E-state index contributed by atoms with van der Waals surface area (Å²) in [6.45, 7) is 4.78. The van der Waals surface area contributed by atoms with Gasteiger partial charge < -0.3 is 16.0 Å². The SMILES string of the molecule is Cc1cc(-c2cnc3c(NCC4CCNC4)nc(-c4ccc(F)cc4)cn23)ccc1C(=O)NC1CC1. The fourth-order valence-electron chi connectivity index (χ4n) is 4.78. The van der Waals surface area contributed by atoms with E-state index in [0.29, 0.717) is 23.3 Å². The number of amides is 1. The molecule has 0 bridgehead atoms. The third-order valence-corrected chi connectivity index (χ3v) is 7.03. The Morgan fingerprint density at radius 3 is 2.67 bits per heavy atom. The monoisotopic (exact) mass is 484 g/mol. The van der Waals surface area contributed by atoms with Gasteiger partial charge in [-0.2, -0.15) is 0 Å². The lowest BCUT2D eigenvalue weighted by Crippen LogP contribution is -2.26. The fourth-order valence-corrected chi connectivity index (χ4v) is 4.78. The average Bonchev–Trinajstić information content (AvgIpc) is 3.35. The van der Waals surface area contributed by atoms with Crippen LogP contribution in [-0.2, 0) is 0 Å². The molecule has 2 aromatic carbocycles. The van der Waals surface area contributed by atoms with Crippen LogP contribution in [0.25, 0.3) is 28.2 Å². The number of rotatable bonds is 7. The number of aromatic nitrogens is 3. The zero-order valence-electron chi connectivity index (χ0n) is 20.2. The van der Waals surface area contributed by atoms with Crippen LogP contribution in [0.1, 0.15) is 35.2 Å². The van der Waals surface area contributed by atoms with E-state index in [0.717, 1.165) is 72.6 Å². The first-order valence-electron chi connectivity index (χ1n) is 12.6. The fraction of sp³-hybridized carbons (Fsp3) is 0.321. The number of benzene rings is 2. The molecule has 1 unspecified atom stereocenters. The van der Waals surface area contributed by atoms with Gasteiger partial charge in [-0.3, -0.25) is 9.20 Å². The number of fused-ring (bicyclic) bond motifs is 1. The van der Waals surface area contributed by atoms with E-state index in [-0.39, 0.29) is 11.7 Å². The summed E-state index contributed by atoms with van der Waals surface area (Å²) in [6.07, 6.45) is 7.02. The molecule has 1 atom stereocenters. The van der Waals surface area contributed by atoms with Crippen LogP contribution >= 0.6 is 0 Å². The smallest absolute Gasteiger partial charge is 0.251 e. The molecule has 2 aliphatic rings. The van der Waals surface area contributed by atoms with Crippen LogP contribution in [0.4, 0.5) is 10.2 Å². The molecule has 8 heteroatoms. The molecule has 2 aromatic heterocycles. The van der Waals surface area contributed by atoms with Crippen molar-refractivity contribution in [3.63, 3.8) is 0 Å². The van der Waals surface area contributed by atoms with Gasteiger partial charge in [0, 0.05) is 35.5 Å². The van der Waals surface area contributed by atoms with Gasteiger partial charge in [0.25, 0.3) is 5.91 Å². The van der Waals surface area contributed by atoms with Gasteiger partial charge in [0.2, 0.25) is 0 Å². The lowest BCUT2D eigenvalue weighted by molar-refractivity contribution is 0.0950. The Hall–Kier alpha value is -3.78. The molecule has 6 rings (SSSR count). The van der Waals surface area contributed by atoms with Gasteiger partial charge in [-0.1, -0.05) is 6.07 Å². The second kappa shape index (κ2) is 9.35. The molecule has 3 heterocycles. The minimum absolute atomic E-state index is 0.0182. The zero-order valence-corrected chi connectivity index (χ0v) is 20.2. The van der Waals surface area contributed by atoms with Crippen LogP contribution in [0.2, 0.25) is 0 Å². The molecule has 7 nitrogen and oxygen atoms in total. The molecule has 0 radical (unpaired) electrons. The maximum atomic E-state index is 13.6. The molecule has 184 valence electrons. The summed E-state index contributed by atoms with van der Waals surface area (Å²) in [6, 6.07) is 12.6. The number of imidazole rings is 1. The number of nitrogens with one attached hydrogen (secondary N) is 3. The van der Waals surface area contributed by atoms with Crippen molar-refractivity contribution in [2.45, 2.75) is 32.2 Å². The third kappa shape index (κ3) is 4.56. The van der Waals surface area contributed by atoms with Crippen LogP contribution in [0, 0.1) is 18.7 Å². The number of halogens is 1. The molecule has 1 saturated heterocycles. The van der Waals surface area contributed by atoms with E-state index in [4.69, 9.17) is 9.97 Å². The first-order valence-corrected chi connectivity index (χ1v) is 12.6. The molecular formula is C28H29FN6O. The summed E-state index contributed by atoms with van der Waals surface area (Å²) >= 11 is 0. The Morgan fingerprint density at radius 2 is 1.94 bits per heavy atom. The Morgan fingerprint density at radius 1 is 1.14 bits per heavy atom. The summed E-state index contributed by atoms with van der Waals surface area (Å²) in [7, 11) is 0. The van der Waals surface area contributed by atoms with E-state index < -0.39 is 0 Å². The van der Waals surface area contributed by atoms with E-state index in [1.807, 2.05) is 41.9 Å². The summed E-state index contributed by atoms with van der Waals surface area (Å²) < 4.78 is 15.6. The predicted octanol–water partition coefficient (Wildman–Crippen LogP) is 4.42. The summed E-state index contributed by atoms with van der Waals surface area (Å²) in [5.41, 5.74) is 5.76. The highest BCUT2D eigenvalue weighted by Gasteiger charge is 2.24. The van der Waals surface area contributed by atoms with Crippen molar-refractivity contribution >= 4 is 17.4 Å². The first kappa shape index (κ1) is 22.7. The predicted molar refractivity (Wildman–Crippen MR) is 139 cm³/mol. The highest BCUT2D eigenvalue weighted by Crippen LogP contribution is 2.29. The average molecular weight is 485 g/mol. The maximum absolute atomic E-state index is 13.6. The highest BCUT2D eigenvalue weighted by molar-refractivity contribution is 5.96. The van der Waals surface area contributed by atoms with Crippen LogP contribution in [0.3, 0.4) is 0 Å². The molecule has 1 aliphatic heterocycles. The van der Waals surface area contributed by atoms with E-state index in [1.165, 1.54) is 12.1 Å². The van der Waals surface area contributed by atoms with Crippen LogP contribution in [-0.4, -0.2) is 46.0 Å². The van der Waals surface area contributed by atoms with Crippen molar-refractivity contribution in [3.05, 3.63) is 71.8 Å². The van der Waals surface area contributed by atoms with Gasteiger partial charge in [-0.05, 0) is 87.2 Å². The van der Waals surface area contributed by atoms with Crippen molar-refractivity contribution in [1.82, 2.24) is 25.0 Å². The number of aryl methyl sites for hydroxylation is 1. The summed E-state index contributed by atoms with van der Waals surface area (Å²) in [5, 5.41) is 9.98. The molecular weight excluding hydrogens is 455 g/mol. The number of anilines is 1. The van der Waals surface area contributed by atoms with Crippen LogP contribution in [0.5, 0.6) is 0 Å². The van der Waals surface area contributed by atoms with E-state index in [2.05, 4.69) is 16.0 Å². The third-order valence-electron chi connectivity index (χ3n) is 7.03. The largest absolute Gasteiger partial charge is 0.367 e. The highest BCUT2D eigenvalue weighted by atomic mass is 19.1. The Kier molecular flexibility index (Phi) is 5.89. The summed E-state index contributed by atoms with van der Waals surface area (Å²) in [4.78, 5) is 22.2. The van der Waals surface area contributed by atoms with Crippen molar-refractivity contribution < 1.29 is 9.18 Å². The van der Waals surface area contributed by atoms with E-state index in [9.17, 15) is 9.18 Å². The van der Waals surface area contributed by atoms with Crippen molar-refractivity contribution in [2.24, 2.45) is 5.92 Å². The topological polar surface area (TPSA) is 83.3 Å². The minimum atomic E-state index is -0.281. The molecule has 1 aliphatic carbocycles. The first-order chi connectivity index (χ1) is 17.5. The van der Waals surface area contributed by atoms with Crippen molar-refractivity contribution in [1.29, 1.82) is 0 Å².